The normalized spacial score (nSPS) is 14.4. The lowest BCUT2D eigenvalue weighted by molar-refractivity contribution is 0.287. The van der Waals surface area contributed by atoms with Gasteiger partial charge in [-0.1, -0.05) is 44.0 Å². The van der Waals surface area contributed by atoms with Gasteiger partial charge in [0.25, 0.3) is 0 Å². The molecule has 80 valence electrons. The predicted octanol–water partition coefficient (Wildman–Crippen LogP) is 4.36. The second-order valence-electron chi connectivity index (χ2n) is 4.37. The molecule has 0 aromatic carbocycles. The van der Waals surface area contributed by atoms with Crippen molar-refractivity contribution >= 4 is 34.5 Å². The minimum absolute atomic E-state index is 0.128. The zero-order chi connectivity index (χ0) is 10.9. The van der Waals surface area contributed by atoms with E-state index in [4.69, 9.17) is 23.2 Å². The molecule has 1 nitrogen and oxygen atoms in total. The molecule has 1 heterocycles. The standard InChI is InChI=1S/C10H15Cl2NS/c1-10(2,3)8(13-4)6-5-7(11)14-9(6)12/h5,8,13H,1-4H3. The highest BCUT2D eigenvalue weighted by Gasteiger charge is 2.27. The fourth-order valence-electron chi connectivity index (χ4n) is 1.60. The Labute approximate surface area is 99.4 Å². The van der Waals surface area contributed by atoms with Crippen molar-refractivity contribution in [2.75, 3.05) is 7.05 Å². The molecule has 0 saturated heterocycles. The second-order valence-corrected chi connectivity index (χ2v) is 6.65. The first kappa shape index (κ1) is 12.3. The lowest BCUT2D eigenvalue weighted by atomic mass is 9.83. The molecule has 1 N–H and O–H groups in total. The maximum Gasteiger partial charge on any atom is 0.0992 e. The molecule has 0 aliphatic rings. The van der Waals surface area contributed by atoms with E-state index in [9.17, 15) is 0 Å². The van der Waals surface area contributed by atoms with E-state index in [0.717, 1.165) is 14.2 Å². The summed E-state index contributed by atoms with van der Waals surface area (Å²) >= 11 is 13.5. The molecule has 0 saturated carbocycles. The molecule has 4 heteroatoms. The van der Waals surface area contributed by atoms with Gasteiger partial charge in [0.05, 0.1) is 8.67 Å². The van der Waals surface area contributed by atoms with Gasteiger partial charge in [0.1, 0.15) is 0 Å². The van der Waals surface area contributed by atoms with Crippen LogP contribution in [0.4, 0.5) is 0 Å². The average molecular weight is 252 g/mol. The zero-order valence-corrected chi connectivity index (χ0v) is 11.1. The lowest BCUT2D eigenvalue weighted by Gasteiger charge is -2.30. The molecule has 0 radical (unpaired) electrons. The third kappa shape index (κ3) is 2.63. The maximum absolute atomic E-state index is 6.12. The highest BCUT2D eigenvalue weighted by molar-refractivity contribution is 7.20. The number of thiophene rings is 1. The van der Waals surface area contributed by atoms with Crippen molar-refractivity contribution in [3.8, 4) is 0 Å². The molecule has 14 heavy (non-hydrogen) atoms. The summed E-state index contributed by atoms with van der Waals surface area (Å²) in [5.41, 5.74) is 1.22. The summed E-state index contributed by atoms with van der Waals surface area (Å²) in [6.45, 7) is 6.53. The topological polar surface area (TPSA) is 12.0 Å². The van der Waals surface area contributed by atoms with E-state index >= 15 is 0 Å². The summed E-state index contributed by atoms with van der Waals surface area (Å²) in [7, 11) is 1.94. The zero-order valence-electron chi connectivity index (χ0n) is 8.82. The summed E-state index contributed by atoms with van der Waals surface area (Å²) in [6, 6.07) is 2.18. The van der Waals surface area contributed by atoms with Crippen LogP contribution in [0.15, 0.2) is 6.07 Å². The highest BCUT2D eigenvalue weighted by atomic mass is 35.5. The van der Waals surface area contributed by atoms with Gasteiger partial charge in [-0.3, -0.25) is 0 Å². The first-order valence-electron chi connectivity index (χ1n) is 4.48. The van der Waals surface area contributed by atoms with Gasteiger partial charge in [-0.05, 0) is 18.5 Å². The van der Waals surface area contributed by atoms with Crippen LogP contribution in [0.1, 0.15) is 32.4 Å². The molecular weight excluding hydrogens is 237 g/mol. The predicted molar refractivity (Wildman–Crippen MR) is 65.6 cm³/mol. The minimum atomic E-state index is 0.128. The molecule has 0 aliphatic carbocycles. The van der Waals surface area contributed by atoms with Crippen LogP contribution < -0.4 is 5.32 Å². The molecule has 1 atom stereocenters. The van der Waals surface area contributed by atoms with Gasteiger partial charge in [-0.2, -0.15) is 0 Å². The molecule has 0 fully saturated rings. The monoisotopic (exact) mass is 251 g/mol. The Hall–Kier alpha value is 0.240. The van der Waals surface area contributed by atoms with Crippen LogP contribution in [0.25, 0.3) is 0 Å². The molecular formula is C10H15Cl2NS. The van der Waals surface area contributed by atoms with Crippen molar-refractivity contribution in [3.63, 3.8) is 0 Å². The van der Waals surface area contributed by atoms with E-state index in [2.05, 4.69) is 26.1 Å². The van der Waals surface area contributed by atoms with Gasteiger partial charge < -0.3 is 5.32 Å². The Kier molecular flexibility index (Phi) is 3.87. The van der Waals surface area contributed by atoms with Crippen LogP contribution in [0.2, 0.25) is 8.67 Å². The number of hydrogen-bond acceptors (Lipinski definition) is 2. The van der Waals surface area contributed by atoms with Crippen molar-refractivity contribution in [2.24, 2.45) is 5.41 Å². The van der Waals surface area contributed by atoms with Crippen LogP contribution in [-0.4, -0.2) is 7.05 Å². The largest absolute Gasteiger partial charge is 0.312 e. The first-order valence-corrected chi connectivity index (χ1v) is 6.05. The third-order valence-corrected chi connectivity index (χ3v) is 3.67. The summed E-state index contributed by atoms with van der Waals surface area (Å²) in [6.07, 6.45) is 0. The average Bonchev–Trinajstić information content (AvgIpc) is 2.29. The maximum atomic E-state index is 6.12. The number of rotatable bonds is 2. The van der Waals surface area contributed by atoms with Crippen molar-refractivity contribution < 1.29 is 0 Å². The van der Waals surface area contributed by atoms with Crippen LogP contribution >= 0.6 is 34.5 Å². The van der Waals surface area contributed by atoms with Crippen LogP contribution in [-0.2, 0) is 0 Å². The summed E-state index contributed by atoms with van der Waals surface area (Å²) in [4.78, 5) is 0. The number of halogens is 2. The molecule has 1 aromatic heterocycles. The van der Waals surface area contributed by atoms with E-state index in [-0.39, 0.29) is 11.5 Å². The van der Waals surface area contributed by atoms with Gasteiger partial charge in [-0.15, -0.1) is 11.3 Å². The molecule has 0 amide bonds. The van der Waals surface area contributed by atoms with E-state index < -0.39 is 0 Å². The number of hydrogen-bond donors (Lipinski definition) is 1. The number of nitrogens with one attached hydrogen (secondary N) is 1. The Morgan fingerprint density at radius 2 is 1.93 bits per heavy atom. The summed E-state index contributed by atoms with van der Waals surface area (Å²) in [5.74, 6) is 0. The van der Waals surface area contributed by atoms with Crippen molar-refractivity contribution in [2.45, 2.75) is 26.8 Å². The van der Waals surface area contributed by atoms with E-state index in [1.807, 2.05) is 13.1 Å². The second kappa shape index (κ2) is 4.40. The lowest BCUT2D eigenvalue weighted by Crippen LogP contribution is -2.29. The van der Waals surface area contributed by atoms with Crippen molar-refractivity contribution in [1.82, 2.24) is 5.32 Å². The summed E-state index contributed by atoms with van der Waals surface area (Å²) < 4.78 is 1.53. The quantitative estimate of drug-likeness (QED) is 0.824. The fraction of sp³-hybridized carbons (Fsp3) is 0.600. The van der Waals surface area contributed by atoms with Gasteiger partial charge in [-0.25, -0.2) is 0 Å². The van der Waals surface area contributed by atoms with Gasteiger partial charge in [0, 0.05) is 11.6 Å². The Bertz CT molecular complexity index is 314. The minimum Gasteiger partial charge on any atom is -0.312 e. The SMILES string of the molecule is CNC(c1cc(Cl)sc1Cl)C(C)(C)C. The third-order valence-electron chi connectivity index (χ3n) is 2.15. The van der Waals surface area contributed by atoms with E-state index in [1.54, 1.807) is 0 Å². The molecule has 0 bridgehead atoms. The van der Waals surface area contributed by atoms with Crippen LogP contribution in [0.3, 0.4) is 0 Å². The Morgan fingerprint density at radius 1 is 1.36 bits per heavy atom. The van der Waals surface area contributed by atoms with Crippen molar-refractivity contribution in [1.29, 1.82) is 0 Å². The van der Waals surface area contributed by atoms with Crippen LogP contribution in [0, 0.1) is 5.41 Å². The molecule has 1 rings (SSSR count). The molecule has 1 aromatic rings. The van der Waals surface area contributed by atoms with E-state index in [1.165, 1.54) is 11.3 Å². The van der Waals surface area contributed by atoms with Gasteiger partial charge in [0.15, 0.2) is 0 Å². The molecule has 0 spiro atoms. The van der Waals surface area contributed by atoms with Gasteiger partial charge in [0.2, 0.25) is 0 Å². The van der Waals surface area contributed by atoms with Gasteiger partial charge >= 0.3 is 0 Å². The Balaban J connectivity index is 3.07. The van der Waals surface area contributed by atoms with Crippen LogP contribution in [0.5, 0.6) is 0 Å². The highest BCUT2D eigenvalue weighted by Crippen LogP contribution is 2.41. The van der Waals surface area contributed by atoms with E-state index in [0.29, 0.717) is 0 Å². The molecule has 1 unspecified atom stereocenters. The van der Waals surface area contributed by atoms with Crippen molar-refractivity contribution in [3.05, 3.63) is 20.3 Å². The Morgan fingerprint density at radius 3 is 2.21 bits per heavy atom. The molecule has 0 aliphatic heterocycles. The fourth-order valence-corrected chi connectivity index (χ4v) is 3.14. The summed E-state index contributed by atoms with van der Waals surface area (Å²) in [5, 5.41) is 3.28. The first-order chi connectivity index (χ1) is 6.36. The smallest absolute Gasteiger partial charge is 0.0992 e.